The highest BCUT2D eigenvalue weighted by Gasteiger charge is 2.30. The second kappa shape index (κ2) is 55.0. The lowest BCUT2D eigenvalue weighted by molar-refractivity contribution is -0.870. The quantitative estimate of drug-likeness (QED) is 0.0205. The number of rotatable bonds is 57. The molecule has 0 aliphatic rings. The van der Waals surface area contributed by atoms with E-state index in [0.29, 0.717) is 17.4 Å². The topological polar surface area (TPSA) is 111 Å². The number of carbonyl (C=O) groups excluding carboxylic acids is 2. The molecule has 0 spiro atoms. The Kier molecular flexibility index (Phi) is 53.4. The van der Waals surface area contributed by atoms with Crippen LogP contribution >= 0.6 is 7.82 Å². The van der Waals surface area contributed by atoms with Gasteiger partial charge in [-0.15, -0.1) is 0 Å². The minimum atomic E-state index is -4.44. The van der Waals surface area contributed by atoms with Crippen molar-refractivity contribution in [1.29, 1.82) is 0 Å². The summed E-state index contributed by atoms with van der Waals surface area (Å²) in [6.07, 6.45) is 69.5. The van der Waals surface area contributed by atoms with Crippen molar-refractivity contribution >= 4 is 19.7 Å². The number of allylic oxidation sites excluding steroid dienone is 9. The summed E-state index contributed by atoms with van der Waals surface area (Å²) in [6, 6.07) is -0.851. The van der Waals surface area contributed by atoms with Gasteiger partial charge in [-0.2, -0.15) is 0 Å². The maximum atomic E-state index is 13.5. The number of phosphoric acid groups is 1. The first-order valence-corrected chi connectivity index (χ1v) is 33.1. The van der Waals surface area contributed by atoms with E-state index in [0.717, 1.165) is 96.3 Å². The maximum absolute atomic E-state index is 13.5. The van der Waals surface area contributed by atoms with E-state index in [2.05, 4.69) is 74.7 Å². The van der Waals surface area contributed by atoms with Gasteiger partial charge in [-0.3, -0.25) is 18.6 Å². The lowest BCUT2D eigenvalue weighted by atomic mass is 10.0. The Balaban J connectivity index is 4.97. The molecule has 3 atom stereocenters. The third-order valence-corrected chi connectivity index (χ3v) is 14.9. The number of phosphoric ester groups is 1. The summed E-state index contributed by atoms with van der Waals surface area (Å²) in [5, 5.41) is 3.04. The number of nitrogens with one attached hydrogen (secondary N) is 1. The number of unbranched alkanes of at least 4 members (excludes halogenated alkanes) is 33. The van der Waals surface area contributed by atoms with Gasteiger partial charge in [-0.05, 0) is 89.5 Å². The number of hydrogen-bond acceptors (Lipinski definition) is 6. The molecule has 0 saturated heterocycles. The first-order chi connectivity index (χ1) is 36.4. The Morgan fingerprint density at radius 1 is 0.467 bits per heavy atom. The lowest BCUT2D eigenvalue weighted by Gasteiger charge is -2.27. The van der Waals surface area contributed by atoms with Crippen molar-refractivity contribution in [2.45, 2.75) is 303 Å². The molecule has 0 aliphatic heterocycles. The molecular formula is C65H122N2O7P+. The lowest BCUT2D eigenvalue weighted by Crippen LogP contribution is -2.47. The number of quaternary nitrogens is 1. The Morgan fingerprint density at radius 3 is 1.29 bits per heavy atom. The molecule has 0 aromatic heterocycles. The summed E-state index contributed by atoms with van der Waals surface area (Å²) in [7, 11) is 1.49. The van der Waals surface area contributed by atoms with Crippen LogP contribution in [0.3, 0.4) is 0 Å². The van der Waals surface area contributed by atoms with Crippen LogP contribution in [0.1, 0.15) is 290 Å². The summed E-state index contributed by atoms with van der Waals surface area (Å²) in [6.45, 7) is 6.94. The van der Waals surface area contributed by atoms with Crippen LogP contribution < -0.4 is 5.32 Å². The molecule has 3 unspecified atom stereocenters. The third-order valence-electron chi connectivity index (χ3n) is 13.9. The van der Waals surface area contributed by atoms with Gasteiger partial charge >= 0.3 is 13.8 Å². The van der Waals surface area contributed by atoms with Crippen LogP contribution in [0.25, 0.3) is 0 Å². The van der Waals surface area contributed by atoms with Crippen molar-refractivity contribution in [2.24, 2.45) is 0 Å². The Labute approximate surface area is 464 Å². The average molecular weight is 1070 g/mol. The molecule has 0 rings (SSSR count). The van der Waals surface area contributed by atoms with Gasteiger partial charge in [0.25, 0.3) is 0 Å². The van der Waals surface area contributed by atoms with Crippen molar-refractivity contribution in [3.8, 4) is 0 Å². The third kappa shape index (κ3) is 56.2. The first kappa shape index (κ1) is 72.7. The van der Waals surface area contributed by atoms with Crippen LogP contribution in [0.15, 0.2) is 60.8 Å². The summed E-state index contributed by atoms with van der Waals surface area (Å²) in [4.78, 5) is 37.6. The summed E-state index contributed by atoms with van der Waals surface area (Å²) in [5.41, 5.74) is 0. The van der Waals surface area contributed by atoms with Crippen molar-refractivity contribution in [3.63, 3.8) is 0 Å². The van der Waals surface area contributed by atoms with Crippen molar-refractivity contribution in [2.75, 3.05) is 40.9 Å². The minimum absolute atomic E-state index is 0.0383. The monoisotopic (exact) mass is 1070 g/mol. The molecule has 0 aliphatic carbocycles. The van der Waals surface area contributed by atoms with E-state index in [4.69, 9.17) is 13.8 Å². The highest BCUT2D eigenvalue weighted by Crippen LogP contribution is 2.43. The highest BCUT2D eigenvalue weighted by atomic mass is 31.2. The van der Waals surface area contributed by atoms with Crippen LogP contribution in [0.4, 0.5) is 0 Å². The van der Waals surface area contributed by atoms with Crippen LogP contribution in [-0.4, -0.2) is 74.3 Å². The Morgan fingerprint density at radius 2 is 0.827 bits per heavy atom. The predicted octanol–water partition coefficient (Wildman–Crippen LogP) is 19.4. The molecule has 0 aromatic carbocycles. The fraction of sp³-hybridized carbons (Fsp3) is 0.815. The number of hydrogen-bond donors (Lipinski definition) is 2. The molecule has 10 heteroatoms. The van der Waals surface area contributed by atoms with Gasteiger partial charge < -0.3 is 19.4 Å². The summed E-state index contributed by atoms with van der Waals surface area (Å²) < 4.78 is 30.6. The zero-order valence-corrected chi connectivity index (χ0v) is 50.9. The van der Waals surface area contributed by atoms with Crippen molar-refractivity contribution in [1.82, 2.24) is 5.32 Å². The maximum Gasteiger partial charge on any atom is 0.472 e. The summed E-state index contributed by atoms with van der Waals surface area (Å²) >= 11 is 0. The molecule has 0 fully saturated rings. The normalized spacial score (nSPS) is 14.1. The first-order valence-electron chi connectivity index (χ1n) is 31.6. The van der Waals surface area contributed by atoms with Crippen LogP contribution in [0.5, 0.6) is 0 Å². The van der Waals surface area contributed by atoms with E-state index in [1.54, 1.807) is 0 Å². The summed E-state index contributed by atoms with van der Waals surface area (Å²) in [5.74, 6) is -0.513. The molecule has 438 valence electrons. The molecule has 0 aromatic rings. The van der Waals surface area contributed by atoms with Gasteiger partial charge in [0, 0.05) is 12.8 Å². The second-order valence-corrected chi connectivity index (χ2v) is 24.0. The van der Waals surface area contributed by atoms with Crippen molar-refractivity contribution < 1.29 is 37.3 Å². The molecule has 0 heterocycles. The number of ether oxygens (including phenoxy) is 1. The number of amides is 1. The molecule has 0 saturated carbocycles. The van der Waals surface area contributed by atoms with E-state index in [9.17, 15) is 19.0 Å². The van der Waals surface area contributed by atoms with Gasteiger partial charge in [0.15, 0.2) is 0 Å². The van der Waals surface area contributed by atoms with Crippen LogP contribution in [0.2, 0.25) is 0 Å². The molecule has 9 nitrogen and oxygen atoms in total. The second-order valence-electron chi connectivity index (χ2n) is 22.6. The molecule has 0 bridgehead atoms. The standard InChI is InChI=1S/C65H121N2O7P/c1-7-10-13-16-19-22-25-26-27-28-29-30-31-32-33-34-35-36-37-38-39-40-43-46-49-52-55-58-65(69)74-63(56-53-50-47-44-41-23-20-17-14-11-8-2)62(61-73-75(70,71)72-60-59-67(4,5)6)66-64(68)57-54-51-48-45-42-24-21-18-15-12-9-3/h18-19,21-22,26-27,29-30,53,56,62-63H,7-17,20,23-25,28,31-52,54-55,57-61H2,1-6H3,(H-,66,68,70,71)/p+1/b21-18-,22-19-,27-26-,30-29-,56-53-. The smallest absolute Gasteiger partial charge is 0.456 e. The number of esters is 1. The van der Waals surface area contributed by atoms with Gasteiger partial charge in [-0.25, -0.2) is 4.57 Å². The van der Waals surface area contributed by atoms with E-state index in [1.807, 2.05) is 33.3 Å². The van der Waals surface area contributed by atoms with Crippen LogP contribution in [0, 0.1) is 0 Å². The molecule has 0 radical (unpaired) electrons. The molecular weight excluding hydrogens is 952 g/mol. The predicted molar refractivity (Wildman–Crippen MR) is 323 cm³/mol. The number of likely N-dealkylation sites (N-methyl/N-ethyl adjacent to an activating group) is 1. The largest absolute Gasteiger partial charge is 0.472 e. The zero-order valence-electron chi connectivity index (χ0n) is 50.0. The van der Waals surface area contributed by atoms with Gasteiger partial charge in [0.1, 0.15) is 19.3 Å². The minimum Gasteiger partial charge on any atom is -0.456 e. The fourth-order valence-electron chi connectivity index (χ4n) is 8.99. The van der Waals surface area contributed by atoms with E-state index in [1.165, 1.54) is 161 Å². The van der Waals surface area contributed by atoms with Crippen LogP contribution in [-0.2, 0) is 27.9 Å². The zero-order chi connectivity index (χ0) is 55.0. The van der Waals surface area contributed by atoms with Gasteiger partial charge in [-0.1, -0.05) is 249 Å². The highest BCUT2D eigenvalue weighted by molar-refractivity contribution is 7.47. The van der Waals surface area contributed by atoms with E-state index in [-0.39, 0.29) is 31.5 Å². The fourth-order valence-corrected chi connectivity index (χ4v) is 9.72. The number of nitrogens with zero attached hydrogens (tertiary/aromatic N) is 1. The van der Waals surface area contributed by atoms with Crippen molar-refractivity contribution in [3.05, 3.63) is 60.8 Å². The Bertz CT molecular complexity index is 1470. The molecule has 2 N–H and O–H groups in total. The van der Waals surface area contributed by atoms with Gasteiger partial charge in [0.2, 0.25) is 5.91 Å². The van der Waals surface area contributed by atoms with E-state index >= 15 is 0 Å². The van der Waals surface area contributed by atoms with E-state index < -0.39 is 20.0 Å². The molecule has 1 amide bonds. The van der Waals surface area contributed by atoms with Gasteiger partial charge in [0.05, 0.1) is 33.8 Å². The number of carbonyl (C=O) groups is 2. The molecule has 75 heavy (non-hydrogen) atoms. The average Bonchev–Trinajstić information content (AvgIpc) is 3.37. The Hall–Kier alpha value is -2.29. The SMILES string of the molecule is CCCC/C=C\CCCCCCCC(=O)NC(COP(=O)(O)OCC[N+](C)(C)C)C(/C=C\CCCCCCCCCCC)OC(=O)CCCCCCCCCCCCCCCC/C=C\C/C=C\C/C=C\CCCCC.